The molecule has 0 bridgehead atoms. The molecule has 0 N–H and O–H groups in total. The van der Waals surface area contributed by atoms with E-state index in [0.717, 1.165) is 0 Å². The summed E-state index contributed by atoms with van der Waals surface area (Å²) in [5, 5.41) is 0. The molecule has 3 saturated heterocycles. The number of hydrogen-bond acceptors (Lipinski definition) is 6. The minimum atomic E-state index is -0.304. The number of hydrogen-bond donors (Lipinski definition) is 0. The van der Waals surface area contributed by atoms with Gasteiger partial charge < -0.3 is 28.9 Å². The third-order valence-electron chi connectivity index (χ3n) is 6.06. The molecule has 4 rings (SSSR count). The van der Waals surface area contributed by atoms with Gasteiger partial charge in [-0.3, -0.25) is 14.4 Å². The molecule has 0 radical (unpaired) electrons. The quantitative estimate of drug-likeness (QED) is 0.682. The molecule has 1 atom stereocenters. The Balaban J connectivity index is 1.34. The summed E-state index contributed by atoms with van der Waals surface area (Å²) < 4.78 is 15.8. The molecule has 3 aliphatic rings. The van der Waals surface area contributed by atoms with Crippen LogP contribution in [0.3, 0.4) is 0 Å². The van der Waals surface area contributed by atoms with Gasteiger partial charge in [0.15, 0.2) is 0 Å². The maximum absolute atomic E-state index is 12.9. The van der Waals surface area contributed by atoms with E-state index in [0.29, 0.717) is 63.0 Å². The number of nitrogens with zero attached hydrogens (tertiary/aromatic N) is 3. The van der Waals surface area contributed by atoms with Gasteiger partial charge in [0, 0.05) is 45.2 Å². The Morgan fingerprint density at radius 2 is 1.77 bits per heavy atom. The van der Waals surface area contributed by atoms with E-state index < -0.39 is 0 Å². The molecule has 9 heteroatoms. The zero-order valence-corrected chi connectivity index (χ0v) is 17.3. The molecule has 3 amide bonds. The van der Waals surface area contributed by atoms with Gasteiger partial charge in [-0.15, -0.1) is 0 Å². The maximum Gasteiger partial charge on any atom is 0.257 e. The molecule has 0 aromatic heterocycles. The van der Waals surface area contributed by atoms with E-state index >= 15 is 0 Å². The van der Waals surface area contributed by atoms with Crippen LogP contribution < -0.4 is 9.47 Å². The van der Waals surface area contributed by atoms with Crippen molar-refractivity contribution in [2.75, 3.05) is 60.2 Å². The van der Waals surface area contributed by atoms with Gasteiger partial charge in [-0.1, -0.05) is 0 Å². The zero-order valence-electron chi connectivity index (χ0n) is 17.3. The molecular formula is C21H27N3O6. The SMILES string of the molecule is COc1ccc(C(=O)N2CC(N3CC(C(=O)N4CCOCC4)CC3=O)C2)c(OC)c1. The fourth-order valence-electron chi connectivity index (χ4n) is 4.26. The maximum atomic E-state index is 12.9. The zero-order chi connectivity index (χ0) is 21.3. The molecule has 0 spiro atoms. The summed E-state index contributed by atoms with van der Waals surface area (Å²) in [5.74, 6) is 0.644. The molecule has 1 unspecified atom stereocenters. The van der Waals surface area contributed by atoms with Crippen molar-refractivity contribution in [2.24, 2.45) is 5.92 Å². The van der Waals surface area contributed by atoms with Crippen molar-refractivity contribution in [2.45, 2.75) is 12.5 Å². The lowest BCUT2D eigenvalue weighted by Gasteiger charge is -2.44. The first kappa shape index (κ1) is 20.5. The van der Waals surface area contributed by atoms with Crippen LogP contribution in [-0.4, -0.2) is 98.6 Å². The molecule has 1 aromatic rings. The fraction of sp³-hybridized carbons (Fsp3) is 0.571. The fourth-order valence-corrected chi connectivity index (χ4v) is 4.26. The first-order valence-electron chi connectivity index (χ1n) is 10.2. The summed E-state index contributed by atoms with van der Waals surface area (Å²) in [4.78, 5) is 43.3. The summed E-state index contributed by atoms with van der Waals surface area (Å²) in [7, 11) is 3.07. The van der Waals surface area contributed by atoms with Crippen molar-refractivity contribution in [1.82, 2.24) is 14.7 Å². The van der Waals surface area contributed by atoms with Gasteiger partial charge in [0.25, 0.3) is 5.91 Å². The highest BCUT2D eigenvalue weighted by molar-refractivity contribution is 5.98. The van der Waals surface area contributed by atoms with E-state index in [1.807, 2.05) is 0 Å². The average molecular weight is 417 g/mol. The standard InChI is InChI=1S/C21H27N3O6/c1-28-16-3-4-17(18(10-16)29-2)21(27)23-12-15(13-23)24-11-14(9-19(24)25)20(26)22-5-7-30-8-6-22/h3-4,10,14-15H,5-9,11-13H2,1-2H3. The monoisotopic (exact) mass is 417 g/mol. The van der Waals surface area contributed by atoms with Crippen LogP contribution in [0.2, 0.25) is 0 Å². The number of benzene rings is 1. The number of likely N-dealkylation sites (tertiary alicyclic amines) is 2. The smallest absolute Gasteiger partial charge is 0.257 e. The molecule has 3 fully saturated rings. The number of rotatable bonds is 5. The van der Waals surface area contributed by atoms with Crippen LogP contribution in [-0.2, 0) is 14.3 Å². The normalized spacial score (nSPS) is 22.1. The van der Waals surface area contributed by atoms with Crippen LogP contribution in [0.15, 0.2) is 18.2 Å². The Labute approximate surface area is 175 Å². The molecule has 0 aliphatic carbocycles. The molecule has 3 heterocycles. The number of methoxy groups -OCH3 is 2. The third kappa shape index (κ3) is 3.81. The van der Waals surface area contributed by atoms with E-state index in [2.05, 4.69) is 0 Å². The number of amides is 3. The summed E-state index contributed by atoms with van der Waals surface area (Å²) in [6, 6.07) is 5.04. The van der Waals surface area contributed by atoms with E-state index in [1.54, 1.807) is 40.0 Å². The topological polar surface area (TPSA) is 88.6 Å². The summed E-state index contributed by atoms with van der Waals surface area (Å²) in [6.07, 6.45) is 0.243. The first-order chi connectivity index (χ1) is 14.5. The Morgan fingerprint density at radius 1 is 1.03 bits per heavy atom. The Morgan fingerprint density at radius 3 is 2.43 bits per heavy atom. The number of morpholine rings is 1. The summed E-state index contributed by atoms with van der Waals surface area (Å²) >= 11 is 0. The lowest BCUT2D eigenvalue weighted by molar-refractivity contribution is -0.139. The van der Waals surface area contributed by atoms with Crippen molar-refractivity contribution in [3.05, 3.63) is 23.8 Å². The molecule has 9 nitrogen and oxygen atoms in total. The van der Waals surface area contributed by atoms with Gasteiger partial charge in [0.2, 0.25) is 11.8 Å². The minimum absolute atomic E-state index is 0.0132. The third-order valence-corrected chi connectivity index (χ3v) is 6.06. The van der Waals surface area contributed by atoms with Crippen LogP contribution >= 0.6 is 0 Å². The Hall–Kier alpha value is -2.81. The van der Waals surface area contributed by atoms with Crippen molar-refractivity contribution in [1.29, 1.82) is 0 Å². The highest BCUT2D eigenvalue weighted by Crippen LogP contribution is 2.30. The Kier molecular flexibility index (Phi) is 5.80. The second-order valence-electron chi connectivity index (χ2n) is 7.81. The van der Waals surface area contributed by atoms with Crippen LogP contribution in [0.5, 0.6) is 11.5 Å². The minimum Gasteiger partial charge on any atom is -0.497 e. The molecule has 1 aromatic carbocycles. The van der Waals surface area contributed by atoms with Crippen molar-refractivity contribution >= 4 is 17.7 Å². The molecule has 0 saturated carbocycles. The molecule has 162 valence electrons. The number of ether oxygens (including phenoxy) is 3. The van der Waals surface area contributed by atoms with Gasteiger partial charge in [0.1, 0.15) is 11.5 Å². The number of carbonyl (C=O) groups excluding carboxylic acids is 3. The van der Waals surface area contributed by atoms with E-state index in [-0.39, 0.29) is 36.1 Å². The lowest BCUT2D eigenvalue weighted by atomic mass is 10.0. The van der Waals surface area contributed by atoms with Gasteiger partial charge in [0.05, 0.1) is 45.0 Å². The highest BCUT2D eigenvalue weighted by Gasteiger charge is 2.44. The molecule has 30 heavy (non-hydrogen) atoms. The Bertz CT molecular complexity index is 832. The van der Waals surface area contributed by atoms with Gasteiger partial charge in [-0.25, -0.2) is 0 Å². The largest absolute Gasteiger partial charge is 0.497 e. The number of carbonyl (C=O) groups is 3. The van der Waals surface area contributed by atoms with Crippen molar-refractivity contribution in [3.8, 4) is 11.5 Å². The lowest BCUT2D eigenvalue weighted by Crippen LogP contribution is -2.61. The van der Waals surface area contributed by atoms with Gasteiger partial charge in [-0.05, 0) is 12.1 Å². The summed E-state index contributed by atoms with van der Waals surface area (Å²) in [5.41, 5.74) is 0.463. The van der Waals surface area contributed by atoms with E-state index in [9.17, 15) is 14.4 Å². The highest BCUT2D eigenvalue weighted by atomic mass is 16.5. The van der Waals surface area contributed by atoms with Gasteiger partial charge >= 0.3 is 0 Å². The van der Waals surface area contributed by atoms with E-state index in [1.165, 1.54) is 7.11 Å². The molecule has 3 aliphatic heterocycles. The van der Waals surface area contributed by atoms with Crippen molar-refractivity contribution < 1.29 is 28.6 Å². The second-order valence-corrected chi connectivity index (χ2v) is 7.81. The summed E-state index contributed by atoms with van der Waals surface area (Å²) in [6.45, 7) is 3.59. The van der Waals surface area contributed by atoms with Crippen molar-refractivity contribution in [3.63, 3.8) is 0 Å². The second kappa shape index (κ2) is 8.51. The van der Waals surface area contributed by atoms with Crippen LogP contribution in [0.4, 0.5) is 0 Å². The van der Waals surface area contributed by atoms with Crippen LogP contribution in [0.25, 0.3) is 0 Å². The predicted octanol–water partition coefficient (Wildman–Crippen LogP) is 0.236. The van der Waals surface area contributed by atoms with Crippen LogP contribution in [0.1, 0.15) is 16.8 Å². The average Bonchev–Trinajstić information content (AvgIpc) is 3.13. The van der Waals surface area contributed by atoms with Gasteiger partial charge in [-0.2, -0.15) is 0 Å². The predicted molar refractivity (Wildman–Crippen MR) is 106 cm³/mol. The first-order valence-corrected chi connectivity index (χ1v) is 10.2. The van der Waals surface area contributed by atoms with Crippen LogP contribution in [0, 0.1) is 5.92 Å². The van der Waals surface area contributed by atoms with E-state index in [4.69, 9.17) is 14.2 Å². The molecular weight excluding hydrogens is 390 g/mol.